The van der Waals surface area contributed by atoms with Gasteiger partial charge in [-0.05, 0) is 43.7 Å². The molecule has 0 radical (unpaired) electrons. The summed E-state index contributed by atoms with van der Waals surface area (Å²) < 4.78 is 33.7. The first-order valence-electron chi connectivity index (χ1n) is 11.4. The number of ether oxygens (including phenoxy) is 1. The summed E-state index contributed by atoms with van der Waals surface area (Å²) in [6.07, 6.45) is 4.96. The van der Waals surface area contributed by atoms with Gasteiger partial charge in [0.2, 0.25) is 0 Å². The number of nitrogens with zero attached hydrogens (tertiary/aromatic N) is 6. The lowest BCUT2D eigenvalue weighted by molar-refractivity contribution is -0.0117. The van der Waals surface area contributed by atoms with E-state index in [0.29, 0.717) is 48.3 Å². The molecule has 4 N–H and O–H groups in total. The maximum atomic E-state index is 13.9. The molecule has 2 aromatic rings. The first-order chi connectivity index (χ1) is 15.8. The molecular formula is C22H32F2N8O. The third-order valence-corrected chi connectivity index (χ3v) is 6.02. The number of nitrogens with two attached hydrogens (primary N) is 2. The highest BCUT2D eigenvalue weighted by Crippen LogP contribution is 2.32. The van der Waals surface area contributed by atoms with Crippen LogP contribution >= 0.6 is 0 Å². The van der Waals surface area contributed by atoms with Crippen LogP contribution in [0.2, 0.25) is 0 Å². The maximum absolute atomic E-state index is 13.9. The van der Waals surface area contributed by atoms with E-state index in [1.807, 2.05) is 13.0 Å². The largest absolute Gasteiger partial charge is 0.469 e. The first kappa shape index (κ1) is 23.2. The fraction of sp³-hybridized carbons (Fsp3) is 0.591. The van der Waals surface area contributed by atoms with Crippen molar-refractivity contribution < 1.29 is 13.5 Å². The molecule has 33 heavy (non-hydrogen) atoms. The van der Waals surface area contributed by atoms with E-state index in [1.165, 1.54) is 17.9 Å². The molecule has 0 atom stereocenters. The molecule has 3 heterocycles. The van der Waals surface area contributed by atoms with Gasteiger partial charge in [-0.3, -0.25) is 0 Å². The first-order valence-corrected chi connectivity index (χ1v) is 11.4. The summed E-state index contributed by atoms with van der Waals surface area (Å²) in [5.74, 6) is 4.39. The van der Waals surface area contributed by atoms with Gasteiger partial charge in [0.1, 0.15) is 12.8 Å². The topological polar surface area (TPSA) is 111 Å². The highest BCUT2D eigenvalue weighted by molar-refractivity contribution is 5.65. The molecule has 0 amide bonds. The van der Waals surface area contributed by atoms with E-state index in [-0.39, 0.29) is 19.6 Å². The third kappa shape index (κ3) is 5.70. The molecular weight excluding hydrogens is 430 g/mol. The van der Waals surface area contributed by atoms with E-state index in [9.17, 15) is 8.78 Å². The Morgan fingerprint density at radius 3 is 2.79 bits per heavy atom. The summed E-state index contributed by atoms with van der Waals surface area (Å²) in [6.45, 7) is 3.12. The molecule has 0 spiro atoms. The third-order valence-electron chi connectivity index (χ3n) is 6.02. The summed E-state index contributed by atoms with van der Waals surface area (Å²) in [4.78, 5) is 8.03. The number of piperidine rings is 1. The minimum atomic E-state index is -2.69. The molecule has 1 aliphatic carbocycles. The lowest BCUT2D eigenvalue weighted by Crippen LogP contribution is -2.43. The highest BCUT2D eigenvalue weighted by Gasteiger charge is 2.36. The summed E-state index contributed by atoms with van der Waals surface area (Å²) >= 11 is 0. The van der Waals surface area contributed by atoms with Gasteiger partial charge in [-0.25, -0.2) is 19.6 Å². The number of likely N-dealkylation sites (N-methyl/N-ethyl adjacent to an activating group) is 1. The number of anilines is 1. The Bertz CT molecular complexity index is 1000. The summed E-state index contributed by atoms with van der Waals surface area (Å²) in [5, 5.41) is 9.95. The summed E-state index contributed by atoms with van der Waals surface area (Å²) in [7, 11) is 1.67. The quantitative estimate of drug-likeness (QED) is 0.432. The fourth-order valence-electron chi connectivity index (χ4n) is 3.99. The molecule has 1 aliphatic heterocycles. The SMILES string of the molecule is CCc1nc(/C(N)=C(\COc2cnn(CC3CC3)n2)N(C)N)ccc1N1CCCC(F)(F)C1. The van der Waals surface area contributed by atoms with Gasteiger partial charge in [0.05, 0.1) is 41.6 Å². The second kappa shape index (κ2) is 9.50. The normalized spacial score (nSPS) is 18.8. The molecule has 11 heteroatoms. The number of halogens is 2. The van der Waals surface area contributed by atoms with Crippen molar-refractivity contribution in [3.8, 4) is 5.88 Å². The van der Waals surface area contributed by atoms with Crippen molar-refractivity contribution in [1.29, 1.82) is 0 Å². The van der Waals surface area contributed by atoms with Crippen molar-refractivity contribution in [1.82, 2.24) is 25.0 Å². The van der Waals surface area contributed by atoms with Gasteiger partial charge in [0, 0.05) is 20.0 Å². The maximum Gasteiger partial charge on any atom is 0.265 e. The molecule has 4 rings (SSSR count). The minimum Gasteiger partial charge on any atom is -0.469 e. The Balaban J connectivity index is 1.51. The molecule has 180 valence electrons. The van der Waals surface area contributed by atoms with E-state index in [4.69, 9.17) is 16.3 Å². The molecule has 1 saturated carbocycles. The number of aromatic nitrogens is 4. The molecule has 0 unspecified atom stereocenters. The lowest BCUT2D eigenvalue weighted by Gasteiger charge is -2.35. The van der Waals surface area contributed by atoms with Gasteiger partial charge in [-0.1, -0.05) is 6.92 Å². The second-order valence-electron chi connectivity index (χ2n) is 8.84. The van der Waals surface area contributed by atoms with Gasteiger partial charge in [-0.15, -0.1) is 5.10 Å². The number of hydrogen-bond donors (Lipinski definition) is 2. The van der Waals surface area contributed by atoms with Crippen molar-refractivity contribution in [2.24, 2.45) is 17.5 Å². The second-order valence-corrected chi connectivity index (χ2v) is 8.84. The molecule has 2 fully saturated rings. The van der Waals surface area contributed by atoms with Crippen LogP contribution in [0.5, 0.6) is 5.88 Å². The van der Waals surface area contributed by atoms with E-state index in [2.05, 4.69) is 15.2 Å². The predicted octanol–water partition coefficient (Wildman–Crippen LogP) is 2.39. The summed E-state index contributed by atoms with van der Waals surface area (Å²) in [5.41, 5.74) is 9.26. The van der Waals surface area contributed by atoms with Crippen LogP contribution in [-0.2, 0) is 13.0 Å². The smallest absolute Gasteiger partial charge is 0.265 e. The molecule has 2 aliphatic rings. The molecule has 2 aromatic heterocycles. The van der Waals surface area contributed by atoms with Crippen molar-refractivity contribution in [2.45, 2.75) is 51.5 Å². The van der Waals surface area contributed by atoms with E-state index < -0.39 is 5.92 Å². The number of aryl methyl sites for hydroxylation is 1. The number of pyridine rings is 1. The van der Waals surface area contributed by atoms with Crippen LogP contribution in [0.25, 0.3) is 5.70 Å². The molecule has 9 nitrogen and oxygen atoms in total. The van der Waals surface area contributed by atoms with Gasteiger partial charge < -0.3 is 20.4 Å². The van der Waals surface area contributed by atoms with Crippen LogP contribution in [0.4, 0.5) is 14.5 Å². The fourth-order valence-corrected chi connectivity index (χ4v) is 3.99. The van der Waals surface area contributed by atoms with Gasteiger partial charge in [0.15, 0.2) is 0 Å². The Kier molecular flexibility index (Phi) is 6.68. The zero-order chi connectivity index (χ0) is 23.6. The average molecular weight is 463 g/mol. The average Bonchev–Trinajstić information content (AvgIpc) is 3.48. The highest BCUT2D eigenvalue weighted by atomic mass is 19.3. The van der Waals surface area contributed by atoms with Gasteiger partial charge in [-0.2, -0.15) is 9.90 Å². The van der Waals surface area contributed by atoms with E-state index in [0.717, 1.165) is 17.9 Å². The Hall–Kier alpha value is -2.95. The van der Waals surface area contributed by atoms with Crippen molar-refractivity contribution >= 4 is 11.4 Å². The molecule has 1 saturated heterocycles. The zero-order valence-electron chi connectivity index (χ0n) is 19.2. The van der Waals surface area contributed by atoms with Crippen LogP contribution in [0.15, 0.2) is 24.0 Å². The van der Waals surface area contributed by atoms with E-state index >= 15 is 0 Å². The standard InChI is InChI=1S/C22H32F2N8O/c1-3-16-18(31-10-4-9-22(23,24)14-31)8-7-17(28-16)21(25)19(30(2)26)13-33-20-11-27-32(29-20)12-15-5-6-15/h7-8,11,15H,3-6,9-10,12-14,25-26H2,1-2H3/b21-19-. The number of alkyl halides is 2. The van der Waals surface area contributed by atoms with Crippen molar-refractivity contribution in [3.63, 3.8) is 0 Å². The zero-order valence-corrected chi connectivity index (χ0v) is 19.2. The van der Waals surface area contributed by atoms with E-state index in [1.54, 1.807) is 29.0 Å². The number of hydrogen-bond acceptors (Lipinski definition) is 8. The summed E-state index contributed by atoms with van der Waals surface area (Å²) in [6, 6.07) is 3.56. The lowest BCUT2D eigenvalue weighted by atomic mass is 10.1. The Labute approximate surface area is 192 Å². The molecule has 0 aromatic carbocycles. The molecule has 0 bridgehead atoms. The van der Waals surface area contributed by atoms with Crippen molar-refractivity contribution in [2.75, 3.05) is 31.6 Å². The van der Waals surface area contributed by atoms with Gasteiger partial charge >= 0.3 is 0 Å². The van der Waals surface area contributed by atoms with Crippen LogP contribution in [0, 0.1) is 5.92 Å². The van der Waals surface area contributed by atoms with Crippen LogP contribution < -0.4 is 21.2 Å². The monoisotopic (exact) mass is 462 g/mol. The van der Waals surface area contributed by atoms with Crippen LogP contribution in [0.1, 0.15) is 44.0 Å². The number of hydrazine groups is 1. The predicted molar refractivity (Wildman–Crippen MR) is 121 cm³/mol. The number of rotatable bonds is 9. The van der Waals surface area contributed by atoms with Gasteiger partial charge in [0.25, 0.3) is 11.8 Å². The van der Waals surface area contributed by atoms with Crippen LogP contribution in [0.3, 0.4) is 0 Å². The van der Waals surface area contributed by atoms with Crippen LogP contribution in [-0.4, -0.2) is 57.7 Å². The Morgan fingerprint density at radius 1 is 1.33 bits per heavy atom. The van der Waals surface area contributed by atoms with Crippen molar-refractivity contribution in [3.05, 3.63) is 35.4 Å². The Morgan fingerprint density at radius 2 is 2.12 bits per heavy atom. The minimum absolute atomic E-state index is 0.0767.